The van der Waals surface area contributed by atoms with Crippen LogP contribution in [0.2, 0.25) is 0 Å². The highest BCUT2D eigenvalue weighted by atomic mass is 127. The van der Waals surface area contributed by atoms with Gasteiger partial charge in [0.2, 0.25) is 5.91 Å². The molecule has 1 aliphatic rings. The van der Waals surface area contributed by atoms with Crippen molar-refractivity contribution in [1.82, 2.24) is 0 Å². The Bertz CT molecular complexity index is 422. The molecule has 2 rings (SSSR count). The second kappa shape index (κ2) is 6.52. The van der Waals surface area contributed by atoms with Gasteiger partial charge in [0.25, 0.3) is 0 Å². The Labute approximate surface area is 122 Å². The van der Waals surface area contributed by atoms with Gasteiger partial charge < -0.3 is 11.1 Å². The first kappa shape index (κ1) is 13.8. The van der Waals surface area contributed by atoms with Crippen LogP contribution in [0.25, 0.3) is 0 Å². The van der Waals surface area contributed by atoms with E-state index in [4.69, 9.17) is 5.73 Å². The van der Waals surface area contributed by atoms with Crippen LogP contribution in [0.5, 0.6) is 0 Å². The van der Waals surface area contributed by atoms with Gasteiger partial charge in [0, 0.05) is 9.49 Å². The molecular weight excluding hydrogens is 339 g/mol. The van der Waals surface area contributed by atoms with Gasteiger partial charge in [0.1, 0.15) is 0 Å². The molecule has 1 saturated carbocycles. The summed E-state index contributed by atoms with van der Waals surface area (Å²) in [6.07, 6.45) is 4.40. The first-order valence-electron chi connectivity index (χ1n) is 6.48. The SMILES string of the molecule is NCC1CCCCC1C(=O)Nc1ccccc1I. The summed E-state index contributed by atoms with van der Waals surface area (Å²) in [5.41, 5.74) is 6.68. The zero-order valence-electron chi connectivity index (χ0n) is 10.4. The molecule has 0 heterocycles. The fraction of sp³-hybridized carbons (Fsp3) is 0.500. The molecule has 2 unspecified atom stereocenters. The molecule has 1 aromatic rings. The van der Waals surface area contributed by atoms with E-state index < -0.39 is 0 Å². The predicted molar refractivity (Wildman–Crippen MR) is 82.3 cm³/mol. The summed E-state index contributed by atoms with van der Waals surface area (Å²) in [7, 11) is 0. The Morgan fingerprint density at radius 1 is 1.33 bits per heavy atom. The maximum absolute atomic E-state index is 12.3. The maximum Gasteiger partial charge on any atom is 0.227 e. The number of anilines is 1. The smallest absolute Gasteiger partial charge is 0.227 e. The number of benzene rings is 1. The molecule has 18 heavy (non-hydrogen) atoms. The highest BCUT2D eigenvalue weighted by molar-refractivity contribution is 14.1. The average Bonchev–Trinajstić information content (AvgIpc) is 2.41. The predicted octanol–water partition coefficient (Wildman–Crippen LogP) is 2.99. The lowest BCUT2D eigenvalue weighted by Gasteiger charge is -2.29. The zero-order chi connectivity index (χ0) is 13.0. The van der Waals surface area contributed by atoms with Crippen LogP contribution in [0.4, 0.5) is 5.69 Å². The maximum atomic E-state index is 12.3. The molecule has 0 spiro atoms. The number of nitrogens with two attached hydrogens (primary N) is 1. The van der Waals surface area contributed by atoms with Gasteiger partial charge in [0.05, 0.1) is 5.69 Å². The lowest BCUT2D eigenvalue weighted by atomic mass is 9.78. The van der Waals surface area contributed by atoms with Crippen LogP contribution in [0.3, 0.4) is 0 Å². The number of carbonyl (C=O) groups excluding carboxylic acids is 1. The number of hydrogen-bond donors (Lipinski definition) is 2. The highest BCUT2D eigenvalue weighted by Crippen LogP contribution is 2.30. The van der Waals surface area contributed by atoms with E-state index in [-0.39, 0.29) is 11.8 Å². The van der Waals surface area contributed by atoms with E-state index in [1.54, 1.807) is 0 Å². The minimum Gasteiger partial charge on any atom is -0.330 e. The third-order valence-corrected chi connectivity index (χ3v) is 4.62. The first-order chi connectivity index (χ1) is 8.72. The van der Waals surface area contributed by atoms with Crippen LogP contribution in [-0.4, -0.2) is 12.5 Å². The van der Waals surface area contributed by atoms with Gasteiger partial charge in [-0.05, 0) is 60.0 Å². The molecule has 1 aromatic carbocycles. The quantitative estimate of drug-likeness (QED) is 0.817. The molecule has 0 aromatic heterocycles. The fourth-order valence-electron chi connectivity index (χ4n) is 2.62. The number of para-hydroxylation sites is 1. The summed E-state index contributed by atoms with van der Waals surface area (Å²) in [5, 5.41) is 3.04. The van der Waals surface area contributed by atoms with Crippen molar-refractivity contribution in [3.63, 3.8) is 0 Å². The van der Waals surface area contributed by atoms with Crippen LogP contribution in [0.15, 0.2) is 24.3 Å². The zero-order valence-corrected chi connectivity index (χ0v) is 12.5. The topological polar surface area (TPSA) is 55.1 Å². The van der Waals surface area contributed by atoms with Crippen LogP contribution in [-0.2, 0) is 4.79 Å². The van der Waals surface area contributed by atoms with Gasteiger partial charge in [-0.25, -0.2) is 0 Å². The molecule has 0 radical (unpaired) electrons. The molecule has 1 fully saturated rings. The van der Waals surface area contributed by atoms with Crippen LogP contribution in [0, 0.1) is 15.4 Å². The van der Waals surface area contributed by atoms with E-state index in [2.05, 4.69) is 27.9 Å². The lowest BCUT2D eigenvalue weighted by molar-refractivity contribution is -0.122. The normalized spacial score (nSPS) is 23.7. The molecule has 98 valence electrons. The lowest BCUT2D eigenvalue weighted by Crippen LogP contribution is -2.35. The van der Waals surface area contributed by atoms with Gasteiger partial charge in [-0.3, -0.25) is 4.79 Å². The van der Waals surface area contributed by atoms with Gasteiger partial charge >= 0.3 is 0 Å². The Hall–Kier alpha value is -0.620. The van der Waals surface area contributed by atoms with Crippen molar-refractivity contribution >= 4 is 34.2 Å². The van der Waals surface area contributed by atoms with Gasteiger partial charge in [0.15, 0.2) is 0 Å². The standard InChI is InChI=1S/C14H19IN2O/c15-12-7-3-4-8-13(12)17-14(18)11-6-2-1-5-10(11)9-16/h3-4,7-8,10-11H,1-2,5-6,9,16H2,(H,17,18). The van der Waals surface area contributed by atoms with E-state index in [1.807, 2.05) is 24.3 Å². The third kappa shape index (κ3) is 3.23. The summed E-state index contributed by atoms with van der Waals surface area (Å²) in [4.78, 5) is 12.3. The molecule has 3 nitrogen and oxygen atoms in total. The Morgan fingerprint density at radius 3 is 2.78 bits per heavy atom. The van der Waals surface area contributed by atoms with E-state index >= 15 is 0 Å². The monoisotopic (exact) mass is 358 g/mol. The largest absolute Gasteiger partial charge is 0.330 e. The summed E-state index contributed by atoms with van der Waals surface area (Å²) in [6.45, 7) is 0.615. The number of halogens is 1. The summed E-state index contributed by atoms with van der Waals surface area (Å²) in [5.74, 6) is 0.564. The van der Waals surface area contributed by atoms with E-state index in [0.717, 1.165) is 28.5 Å². The van der Waals surface area contributed by atoms with Gasteiger partial charge in [-0.15, -0.1) is 0 Å². The minimum atomic E-state index is 0.0831. The number of rotatable bonds is 3. The molecule has 0 aliphatic heterocycles. The van der Waals surface area contributed by atoms with Gasteiger partial charge in [-0.2, -0.15) is 0 Å². The van der Waals surface area contributed by atoms with Crippen molar-refractivity contribution in [3.8, 4) is 0 Å². The Kier molecular flexibility index (Phi) is 5.00. The molecule has 2 atom stereocenters. The molecular formula is C14H19IN2O. The van der Waals surface area contributed by atoms with Crippen molar-refractivity contribution in [2.75, 3.05) is 11.9 Å². The molecule has 3 N–H and O–H groups in total. The Balaban J connectivity index is 2.05. The van der Waals surface area contributed by atoms with Crippen LogP contribution in [0.1, 0.15) is 25.7 Å². The third-order valence-electron chi connectivity index (χ3n) is 3.68. The van der Waals surface area contributed by atoms with Crippen LogP contribution < -0.4 is 11.1 Å². The fourth-order valence-corrected chi connectivity index (χ4v) is 3.15. The van der Waals surface area contributed by atoms with Crippen molar-refractivity contribution in [2.24, 2.45) is 17.6 Å². The molecule has 0 saturated heterocycles. The van der Waals surface area contributed by atoms with E-state index in [9.17, 15) is 4.79 Å². The minimum absolute atomic E-state index is 0.0831. The van der Waals surface area contributed by atoms with Crippen LogP contribution >= 0.6 is 22.6 Å². The van der Waals surface area contributed by atoms with Crippen molar-refractivity contribution in [1.29, 1.82) is 0 Å². The second-order valence-electron chi connectivity index (χ2n) is 4.86. The number of nitrogens with one attached hydrogen (secondary N) is 1. The van der Waals surface area contributed by atoms with Crippen molar-refractivity contribution in [3.05, 3.63) is 27.8 Å². The number of carbonyl (C=O) groups is 1. The second-order valence-corrected chi connectivity index (χ2v) is 6.02. The first-order valence-corrected chi connectivity index (χ1v) is 7.55. The molecule has 1 aliphatic carbocycles. The Morgan fingerprint density at radius 2 is 2.06 bits per heavy atom. The summed E-state index contributed by atoms with van der Waals surface area (Å²) in [6, 6.07) is 7.86. The summed E-state index contributed by atoms with van der Waals surface area (Å²) >= 11 is 2.24. The molecule has 4 heteroatoms. The van der Waals surface area contributed by atoms with E-state index in [1.165, 1.54) is 6.42 Å². The van der Waals surface area contributed by atoms with Crippen molar-refractivity contribution < 1.29 is 4.79 Å². The average molecular weight is 358 g/mol. The number of amides is 1. The van der Waals surface area contributed by atoms with Gasteiger partial charge in [-0.1, -0.05) is 25.0 Å². The van der Waals surface area contributed by atoms with Crippen molar-refractivity contribution in [2.45, 2.75) is 25.7 Å². The summed E-state index contributed by atoms with van der Waals surface area (Å²) < 4.78 is 1.07. The molecule has 1 amide bonds. The van der Waals surface area contributed by atoms with E-state index in [0.29, 0.717) is 12.5 Å². The highest BCUT2D eigenvalue weighted by Gasteiger charge is 2.30. The number of hydrogen-bond acceptors (Lipinski definition) is 2. The molecule has 0 bridgehead atoms.